The lowest BCUT2D eigenvalue weighted by Crippen LogP contribution is -2.40. The molecule has 0 saturated carbocycles. The van der Waals surface area contributed by atoms with Gasteiger partial charge in [0.1, 0.15) is 5.75 Å². The number of methoxy groups -OCH3 is 1. The van der Waals surface area contributed by atoms with E-state index >= 15 is 0 Å². The third kappa shape index (κ3) is 3.20. The lowest BCUT2D eigenvalue weighted by Gasteiger charge is -2.26. The van der Waals surface area contributed by atoms with Crippen molar-refractivity contribution in [3.05, 3.63) is 29.8 Å². The molecule has 0 amide bonds. The monoisotopic (exact) mass is 234 g/mol. The average Bonchev–Trinajstić information content (AvgIpc) is 2.90. The first-order valence-electron chi connectivity index (χ1n) is 6.40. The average molecular weight is 234 g/mol. The van der Waals surface area contributed by atoms with Gasteiger partial charge in [-0.15, -0.1) is 0 Å². The minimum atomic E-state index is 0.492. The molecule has 1 aliphatic heterocycles. The number of hydrogen-bond donors (Lipinski definition) is 1. The zero-order chi connectivity index (χ0) is 12.1. The van der Waals surface area contributed by atoms with Crippen molar-refractivity contribution in [2.45, 2.75) is 25.3 Å². The minimum Gasteiger partial charge on any atom is -0.497 e. The molecule has 0 radical (unpaired) electrons. The van der Waals surface area contributed by atoms with E-state index in [0.29, 0.717) is 6.04 Å². The Morgan fingerprint density at radius 3 is 2.41 bits per heavy atom. The number of hydrogen-bond acceptors (Lipinski definition) is 3. The van der Waals surface area contributed by atoms with Crippen molar-refractivity contribution >= 4 is 0 Å². The van der Waals surface area contributed by atoms with Crippen molar-refractivity contribution in [1.29, 1.82) is 0 Å². The summed E-state index contributed by atoms with van der Waals surface area (Å²) in [5, 5.41) is 0. The number of likely N-dealkylation sites (tertiary alicyclic amines) is 1. The molecule has 1 aliphatic rings. The molecule has 0 aromatic heterocycles. The van der Waals surface area contributed by atoms with Crippen LogP contribution >= 0.6 is 0 Å². The number of nitrogens with zero attached hydrogens (tertiary/aromatic N) is 1. The van der Waals surface area contributed by atoms with E-state index in [4.69, 9.17) is 10.5 Å². The summed E-state index contributed by atoms with van der Waals surface area (Å²) in [7, 11) is 1.70. The molecular formula is C14H22N2O. The van der Waals surface area contributed by atoms with Crippen LogP contribution in [0.2, 0.25) is 0 Å². The van der Waals surface area contributed by atoms with Crippen LogP contribution in [0.5, 0.6) is 5.75 Å². The third-order valence-corrected chi connectivity index (χ3v) is 3.56. The summed E-state index contributed by atoms with van der Waals surface area (Å²) in [5.41, 5.74) is 7.23. The van der Waals surface area contributed by atoms with Crippen molar-refractivity contribution in [3.63, 3.8) is 0 Å². The van der Waals surface area contributed by atoms with Gasteiger partial charge >= 0.3 is 0 Å². The van der Waals surface area contributed by atoms with E-state index in [9.17, 15) is 0 Å². The Bertz CT molecular complexity index is 331. The molecule has 1 aromatic carbocycles. The van der Waals surface area contributed by atoms with E-state index in [1.54, 1.807) is 7.11 Å². The fourth-order valence-electron chi connectivity index (χ4n) is 2.50. The van der Waals surface area contributed by atoms with E-state index in [1.807, 2.05) is 12.1 Å². The molecule has 2 rings (SSSR count). The second-order valence-corrected chi connectivity index (χ2v) is 4.68. The first-order chi connectivity index (χ1) is 8.33. The number of rotatable bonds is 5. The SMILES string of the molecule is COc1ccc(CC(CN)N2CCCC2)cc1. The zero-order valence-corrected chi connectivity index (χ0v) is 10.6. The first kappa shape index (κ1) is 12.4. The van der Waals surface area contributed by atoms with Gasteiger partial charge in [-0.25, -0.2) is 0 Å². The number of ether oxygens (including phenoxy) is 1. The fraction of sp³-hybridized carbons (Fsp3) is 0.571. The van der Waals surface area contributed by atoms with Gasteiger partial charge in [0.15, 0.2) is 0 Å². The van der Waals surface area contributed by atoms with Crippen LogP contribution < -0.4 is 10.5 Å². The summed E-state index contributed by atoms with van der Waals surface area (Å²) in [6, 6.07) is 8.81. The Morgan fingerprint density at radius 1 is 1.24 bits per heavy atom. The Balaban J connectivity index is 1.96. The number of benzene rings is 1. The Morgan fingerprint density at radius 2 is 1.88 bits per heavy atom. The molecule has 1 heterocycles. The molecule has 1 atom stereocenters. The molecule has 0 bridgehead atoms. The third-order valence-electron chi connectivity index (χ3n) is 3.56. The molecule has 1 aromatic rings. The molecular weight excluding hydrogens is 212 g/mol. The first-order valence-corrected chi connectivity index (χ1v) is 6.40. The van der Waals surface area contributed by atoms with Gasteiger partial charge in [0, 0.05) is 12.6 Å². The highest BCUT2D eigenvalue weighted by Gasteiger charge is 2.20. The highest BCUT2D eigenvalue weighted by atomic mass is 16.5. The summed E-state index contributed by atoms with van der Waals surface area (Å²) in [6.45, 7) is 3.15. The number of nitrogens with two attached hydrogens (primary N) is 1. The van der Waals surface area contributed by atoms with Gasteiger partial charge in [0.2, 0.25) is 0 Å². The zero-order valence-electron chi connectivity index (χ0n) is 10.6. The molecule has 1 unspecified atom stereocenters. The standard InChI is InChI=1S/C14H22N2O/c1-17-14-6-4-12(5-7-14)10-13(11-15)16-8-2-3-9-16/h4-7,13H,2-3,8-11,15H2,1H3. The second kappa shape index (κ2) is 6.03. The van der Waals surface area contributed by atoms with Crippen LogP contribution in [0.1, 0.15) is 18.4 Å². The van der Waals surface area contributed by atoms with E-state index in [1.165, 1.54) is 31.5 Å². The van der Waals surface area contributed by atoms with Crippen LogP contribution in [-0.4, -0.2) is 37.7 Å². The van der Waals surface area contributed by atoms with Gasteiger partial charge in [-0.05, 0) is 50.0 Å². The van der Waals surface area contributed by atoms with Crippen molar-refractivity contribution in [2.75, 3.05) is 26.7 Å². The predicted molar refractivity (Wildman–Crippen MR) is 70.3 cm³/mol. The maximum absolute atomic E-state index is 5.89. The molecule has 1 fully saturated rings. The van der Waals surface area contributed by atoms with Crippen LogP contribution in [0, 0.1) is 0 Å². The highest BCUT2D eigenvalue weighted by Crippen LogP contribution is 2.17. The molecule has 0 aliphatic carbocycles. The molecule has 2 N–H and O–H groups in total. The van der Waals surface area contributed by atoms with Gasteiger partial charge in [-0.1, -0.05) is 12.1 Å². The van der Waals surface area contributed by atoms with E-state index in [2.05, 4.69) is 17.0 Å². The normalized spacial score (nSPS) is 18.2. The fourth-order valence-corrected chi connectivity index (χ4v) is 2.50. The van der Waals surface area contributed by atoms with Gasteiger partial charge in [-0.2, -0.15) is 0 Å². The molecule has 1 saturated heterocycles. The summed E-state index contributed by atoms with van der Waals surface area (Å²) < 4.78 is 5.17. The van der Waals surface area contributed by atoms with Crippen LogP contribution in [-0.2, 0) is 6.42 Å². The predicted octanol–water partition coefficient (Wildman–Crippen LogP) is 1.66. The largest absolute Gasteiger partial charge is 0.497 e. The molecule has 0 spiro atoms. The van der Waals surface area contributed by atoms with E-state index in [-0.39, 0.29) is 0 Å². The lowest BCUT2D eigenvalue weighted by molar-refractivity contribution is 0.246. The molecule has 3 heteroatoms. The van der Waals surface area contributed by atoms with E-state index < -0.39 is 0 Å². The van der Waals surface area contributed by atoms with Crippen molar-refractivity contribution in [1.82, 2.24) is 4.90 Å². The van der Waals surface area contributed by atoms with Crippen LogP contribution in [0.4, 0.5) is 0 Å². The summed E-state index contributed by atoms with van der Waals surface area (Å²) >= 11 is 0. The highest BCUT2D eigenvalue weighted by molar-refractivity contribution is 5.27. The smallest absolute Gasteiger partial charge is 0.118 e. The second-order valence-electron chi connectivity index (χ2n) is 4.68. The lowest BCUT2D eigenvalue weighted by atomic mass is 10.0. The van der Waals surface area contributed by atoms with Crippen LogP contribution in [0.25, 0.3) is 0 Å². The molecule has 17 heavy (non-hydrogen) atoms. The van der Waals surface area contributed by atoms with Crippen LogP contribution in [0.3, 0.4) is 0 Å². The summed E-state index contributed by atoms with van der Waals surface area (Å²) in [4.78, 5) is 2.52. The quantitative estimate of drug-likeness (QED) is 0.842. The van der Waals surface area contributed by atoms with Gasteiger partial charge in [0.25, 0.3) is 0 Å². The summed E-state index contributed by atoms with van der Waals surface area (Å²) in [5.74, 6) is 0.916. The topological polar surface area (TPSA) is 38.5 Å². The Kier molecular flexibility index (Phi) is 4.40. The van der Waals surface area contributed by atoms with Crippen molar-refractivity contribution in [3.8, 4) is 5.75 Å². The van der Waals surface area contributed by atoms with Gasteiger partial charge in [0.05, 0.1) is 7.11 Å². The maximum Gasteiger partial charge on any atom is 0.118 e. The molecule has 3 nitrogen and oxygen atoms in total. The summed E-state index contributed by atoms with van der Waals surface area (Å²) in [6.07, 6.45) is 3.68. The van der Waals surface area contributed by atoms with Gasteiger partial charge in [-0.3, -0.25) is 4.90 Å². The van der Waals surface area contributed by atoms with Gasteiger partial charge < -0.3 is 10.5 Å². The van der Waals surface area contributed by atoms with Crippen LogP contribution in [0.15, 0.2) is 24.3 Å². The van der Waals surface area contributed by atoms with E-state index in [0.717, 1.165) is 18.7 Å². The van der Waals surface area contributed by atoms with Crippen molar-refractivity contribution in [2.24, 2.45) is 5.73 Å². The molecule has 94 valence electrons. The Hall–Kier alpha value is -1.06. The minimum absolute atomic E-state index is 0.492. The van der Waals surface area contributed by atoms with Crippen molar-refractivity contribution < 1.29 is 4.74 Å². The Labute approximate surface area is 104 Å². The maximum atomic E-state index is 5.89.